The number of fused-ring (bicyclic) bond motifs is 1. The molecule has 6 heteroatoms. The van der Waals surface area contributed by atoms with Gasteiger partial charge in [0.1, 0.15) is 11.6 Å². The number of aromatic nitrogens is 3. The van der Waals surface area contributed by atoms with Crippen molar-refractivity contribution >= 4 is 22.5 Å². The number of benzene rings is 2. The smallest absolute Gasteiger partial charge is 0.190 e. The summed E-state index contributed by atoms with van der Waals surface area (Å²) in [7, 11) is 1.70. The Morgan fingerprint density at radius 2 is 1.89 bits per heavy atom. The zero-order valence-electron chi connectivity index (χ0n) is 17.2. The van der Waals surface area contributed by atoms with Crippen molar-refractivity contribution in [3.8, 4) is 5.75 Å². The Hall–Kier alpha value is -2.05. The minimum atomic E-state index is 0.589. The summed E-state index contributed by atoms with van der Waals surface area (Å²) in [6, 6.07) is 12.8. The van der Waals surface area contributed by atoms with Crippen molar-refractivity contribution in [1.29, 1.82) is 0 Å². The van der Waals surface area contributed by atoms with Crippen molar-refractivity contribution in [2.75, 3.05) is 19.9 Å². The highest BCUT2D eigenvalue weighted by Gasteiger charge is 2.12. The molecule has 0 aliphatic heterocycles. The molecule has 0 bridgehead atoms. The molecule has 150 valence electrons. The van der Waals surface area contributed by atoms with Gasteiger partial charge in [-0.25, -0.2) is 0 Å². The average Bonchev–Trinajstić information content (AvgIpc) is 3.08. The molecule has 1 N–H and O–H groups in total. The van der Waals surface area contributed by atoms with E-state index in [9.17, 15) is 0 Å². The van der Waals surface area contributed by atoms with E-state index < -0.39 is 0 Å². The van der Waals surface area contributed by atoms with E-state index in [-0.39, 0.29) is 0 Å². The molecule has 0 radical (unpaired) electrons. The van der Waals surface area contributed by atoms with Gasteiger partial charge in [0, 0.05) is 19.5 Å². The largest absolute Gasteiger partial charge is 0.497 e. The predicted octanol–water partition coefficient (Wildman–Crippen LogP) is 4.54. The van der Waals surface area contributed by atoms with Crippen LogP contribution >= 0.6 is 11.8 Å². The van der Waals surface area contributed by atoms with Gasteiger partial charge in [-0.2, -0.15) is 0 Å². The number of hydrogen-bond acceptors (Lipinski definition) is 5. The predicted molar refractivity (Wildman–Crippen MR) is 117 cm³/mol. The van der Waals surface area contributed by atoms with Crippen LogP contribution in [0.1, 0.15) is 31.7 Å². The van der Waals surface area contributed by atoms with Crippen LogP contribution in [0.25, 0.3) is 10.8 Å². The standard InChI is InChI=1S/C22H30N4OS/c1-16(2)15-26-21(24-25-22(26)28-4)6-5-11-23-14-17-7-8-19-13-20(27-3)10-9-18(19)12-17/h7-10,12-13,16,23H,5-6,11,14-15H2,1-4H3. The van der Waals surface area contributed by atoms with Crippen molar-refractivity contribution in [3.05, 3.63) is 47.8 Å². The Labute approximate surface area is 171 Å². The number of nitrogens with zero attached hydrogens (tertiary/aromatic N) is 3. The SMILES string of the molecule is COc1ccc2cc(CNCCCc3nnc(SC)n3CC(C)C)ccc2c1. The summed E-state index contributed by atoms with van der Waals surface area (Å²) in [5, 5.41) is 15.7. The Kier molecular flexibility index (Phi) is 7.34. The number of aryl methyl sites for hydroxylation is 1. The van der Waals surface area contributed by atoms with Gasteiger partial charge < -0.3 is 14.6 Å². The Morgan fingerprint density at radius 3 is 2.64 bits per heavy atom. The molecule has 0 saturated heterocycles. The lowest BCUT2D eigenvalue weighted by Gasteiger charge is -2.12. The molecule has 28 heavy (non-hydrogen) atoms. The Bertz CT molecular complexity index is 907. The van der Waals surface area contributed by atoms with Crippen LogP contribution in [0.5, 0.6) is 5.75 Å². The van der Waals surface area contributed by atoms with Gasteiger partial charge in [-0.15, -0.1) is 10.2 Å². The fourth-order valence-corrected chi connectivity index (χ4v) is 3.84. The first kappa shape index (κ1) is 20.7. The molecule has 0 aliphatic rings. The molecule has 0 spiro atoms. The van der Waals surface area contributed by atoms with Crippen molar-refractivity contribution in [2.45, 2.75) is 44.9 Å². The van der Waals surface area contributed by atoms with Crippen LogP contribution in [-0.2, 0) is 19.5 Å². The highest BCUT2D eigenvalue weighted by molar-refractivity contribution is 7.98. The lowest BCUT2D eigenvalue weighted by molar-refractivity contribution is 0.415. The van der Waals surface area contributed by atoms with Gasteiger partial charge in [-0.3, -0.25) is 0 Å². The van der Waals surface area contributed by atoms with Crippen molar-refractivity contribution in [1.82, 2.24) is 20.1 Å². The Morgan fingerprint density at radius 1 is 1.11 bits per heavy atom. The third-order valence-electron chi connectivity index (χ3n) is 4.72. The van der Waals surface area contributed by atoms with Gasteiger partial charge in [-0.1, -0.05) is 43.8 Å². The van der Waals surface area contributed by atoms with Gasteiger partial charge in [0.05, 0.1) is 7.11 Å². The molecule has 0 saturated carbocycles. The zero-order chi connectivity index (χ0) is 19.9. The van der Waals surface area contributed by atoms with Crippen molar-refractivity contribution in [2.24, 2.45) is 5.92 Å². The minimum absolute atomic E-state index is 0.589. The number of nitrogens with one attached hydrogen (secondary N) is 1. The summed E-state index contributed by atoms with van der Waals surface area (Å²) in [4.78, 5) is 0. The zero-order valence-corrected chi connectivity index (χ0v) is 18.1. The van der Waals surface area contributed by atoms with Crippen LogP contribution in [0.15, 0.2) is 41.6 Å². The third-order valence-corrected chi connectivity index (χ3v) is 5.39. The minimum Gasteiger partial charge on any atom is -0.497 e. The molecule has 0 unspecified atom stereocenters. The maximum Gasteiger partial charge on any atom is 0.190 e. The normalized spacial score (nSPS) is 11.5. The van der Waals surface area contributed by atoms with Gasteiger partial charge in [0.15, 0.2) is 5.16 Å². The highest BCUT2D eigenvalue weighted by atomic mass is 32.2. The molecule has 3 rings (SSSR count). The third kappa shape index (κ3) is 5.26. The first-order chi connectivity index (χ1) is 13.6. The van der Waals surface area contributed by atoms with Gasteiger partial charge >= 0.3 is 0 Å². The van der Waals surface area contributed by atoms with E-state index in [1.54, 1.807) is 18.9 Å². The lowest BCUT2D eigenvalue weighted by atomic mass is 10.1. The second-order valence-electron chi connectivity index (χ2n) is 7.44. The average molecular weight is 399 g/mol. The van der Waals surface area contributed by atoms with Crippen LogP contribution in [-0.4, -0.2) is 34.7 Å². The maximum absolute atomic E-state index is 5.29. The first-order valence-electron chi connectivity index (χ1n) is 9.84. The van der Waals surface area contributed by atoms with Gasteiger partial charge in [0.25, 0.3) is 0 Å². The quantitative estimate of drug-likeness (QED) is 0.401. The topological polar surface area (TPSA) is 52.0 Å². The molecule has 0 fully saturated rings. The van der Waals surface area contributed by atoms with Gasteiger partial charge in [-0.05, 0) is 59.7 Å². The summed E-state index contributed by atoms with van der Waals surface area (Å²) < 4.78 is 7.56. The second-order valence-corrected chi connectivity index (χ2v) is 8.21. The lowest BCUT2D eigenvalue weighted by Crippen LogP contribution is -2.17. The Balaban J connectivity index is 1.50. The van der Waals surface area contributed by atoms with E-state index in [2.05, 4.69) is 70.5 Å². The van der Waals surface area contributed by atoms with Crippen LogP contribution in [0.2, 0.25) is 0 Å². The van der Waals surface area contributed by atoms with Crippen LogP contribution in [0.4, 0.5) is 0 Å². The van der Waals surface area contributed by atoms with E-state index in [0.29, 0.717) is 5.92 Å². The van der Waals surface area contributed by atoms with E-state index in [1.807, 2.05) is 6.07 Å². The number of thioether (sulfide) groups is 1. The molecular formula is C22H30N4OS. The highest BCUT2D eigenvalue weighted by Crippen LogP contribution is 2.22. The van der Waals surface area contributed by atoms with E-state index in [4.69, 9.17) is 4.74 Å². The summed E-state index contributed by atoms with van der Waals surface area (Å²) in [6.45, 7) is 7.28. The molecule has 5 nitrogen and oxygen atoms in total. The van der Waals surface area contributed by atoms with Crippen LogP contribution in [0, 0.1) is 5.92 Å². The second kappa shape index (κ2) is 9.94. The van der Waals surface area contributed by atoms with Crippen LogP contribution in [0.3, 0.4) is 0 Å². The molecular weight excluding hydrogens is 368 g/mol. The molecule has 1 aromatic heterocycles. The van der Waals surface area contributed by atoms with E-state index >= 15 is 0 Å². The molecule has 0 aliphatic carbocycles. The van der Waals surface area contributed by atoms with E-state index in [1.165, 1.54) is 16.3 Å². The fraction of sp³-hybridized carbons (Fsp3) is 0.455. The first-order valence-corrected chi connectivity index (χ1v) is 11.1. The van der Waals surface area contributed by atoms with E-state index in [0.717, 1.165) is 49.2 Å². The van der Waals surface area contributed by atoms with Crippen molar-refractivity contribution in [3.63, 3.8) is 0 Å². The molecule has 3 aromatic rings. The van der Waals surface area contributed by atoms with Crippen molar-refractivity contribution < 1.29 is 4.74 Å². The summed E-state index contributed by atoms with van der Waals surface area (Å²) in [6.07, 6.45) is 4.06. The maximum atomic E-state index is 5.29. The summed E-state index contributed by atoms with van der Waals surface area (Å²) in [5.41, 5.74) is 1.30. The fourth-order valence-electron chi connectivity index (χ4n) is 3.32. The van der Waals surface area contributed by atoms with Crippen LogP contribution < -0.4 is 10.1 Å². The molecule has 2 aromatic carbocycles. The monoisotopic (exact) mass is 398 g/mol. The molecule has 0 atom stereocenters. The number of ether oxygens (including phenoxy) is 1. The molecule has 0 amide bonds. The number of methoxy groups -OCH3 is 1. The number of hydrogen-bond donors (Lipinski definition) is 1. The molecule has 1 heterocycles. The van der Waals surface area contributed by atoms with Gasteiger partial charge in [0.2, 0.25) is 0 Å². The summed E-state index contributed by atoms with van der Waals surface area (Å²) in [5.74, 6) is 2.58. The summed E-state index contributed by atoms with van der Waals surface area (Å²) >= 11 is 1.67. The number of rotatable bonds is 10.